The Hall–Kier alpha value is -0.620. The molecule has 0 radical (unpaired) electrons. The third kappa shape index (κ3) is 9.68. The van der Waals surface area contributed by atoms with Crippen LogP contribution in [-0.2, 0) is 0 Å². The van der Waals surface area contributed by atoms with Crippen LogP contribution in [0.5, 0.6) is 0 Å². The van der Waals surface area contributed by atoms with Crippen molar-refractivity contribution in [3.63, 3.8) is 0 Å². The smallest absolute Gasteiger partial charge is 0.125 e. The molecule has 0 amide bonds. The summed E-state index contributed by atoms with van der Waals surface area (Å²) in [5.41, 5.74) is 0. The average Bonchev–Trinajstić information content (AvgIpc) is 2.21. The van der Waals surface area contributed by atoms with Crippen LogP contribution in [0.1, 0.15) is 45.4 Å². The van der Waals surface area contributed by atoms with E-state index >= 15 is 0 Å². The largest absolute Gasteiger partial charge is 0.300 e. The van der Waals surface area contributed by atoms with Crippen molar-refractivity contribution in [2.45, 2.75) is 51.6 Å². The van der Waals surface area contributed by atoms with Gasteiger partial charge in [0.25, 0.3) is 0 Å². The zero-order chi connectivity index (χ0) is 11.5. The first-order valence-corrected chi connectivity index (χ1v) is 5.84. The molecule has 2 aliphatic rings. The van der Waals surface area contributed by atoms with E-state index in [0.717, 1.165) is 0 Å². The Labute approximate surface area is 93.1 Å². The highest BCUT2D eigenvalue weighted by Crippen LogP contribution is 2.15. The highest BCUT2D eigenvalue weighted by molar-refractivity contribution is 4.74. The lowest BCUT2D eigenvalue weighted by Gasteiger charge is -2.29. The van der Waals surface area contributed by atoms with Gasteiger partial charge in [0.05, 0.1) is 6.07 Å². The van der Waals surface area contributed by atoms with E-state index in [-0.39, 0.29) is 0 Å². The van der Waals surface area contributed by atoms with Crippen molar-refractivity contribution < 1.29 is 4.39 Å². The fourth-order valence-electron chi connectivity index (χ4n) is 1.68. The van der Waals surface area contributed by atoms with E-state index in [1.54, 1.807) is 6.07 Å². The number of halogens is 1. The minimum atomic E-state index is -0.532. The van der Waals surface area contributed by atoms with Crippen molar-refractivity contribution in [1.82, 2.24) is 4.90 Å². The van der Waals surface area contributed by atoms with Crippen LogP contribution >= 0.6 is 0 Å². The van der Waals surface area contributed by atoms with Crippen LogP contribution in [0.3, 0.4) is 0 Å². The van der Waals surface area contributed by atoms with Crippen molar-refractivity contribution in [1.29, 1.82) is 5.26 Å². The molecule has 88 valence electrons. The third-order valence-corrected chi connectivity index (χ3v) is 2.52. The summed E-state index contributed by atoms with van der Waals surface area (Å²) in [5.74, 6) is 0. The molecule has 0 N–H and O–H groups in total. The van der Waals surface area contributed by atoms with Gasteiger partial charge < -0.3 is 4.90 Å². The van der Waals surface area contributed by atoms with Crippen molar-refractivity contribution in [3.8, 4) is 6.07 Å². The summed E-state index contributed by atoms with van der Waals surface area (Å²) in [7, 11) is 1.91. The van der Waals surface area contributed by atoms with Gasteiger partial charge in [-0.25, -0.2) is 4.39 Å². The summed E-state index contributed by atoms with van der Waals surface area (Å²) < 4.78 is 11.7. The van der Waals surface area contributed by atoms with E-state index in [1.165, 1.54) is 45.4 Å². The summed E-state index contributed by atoms with van der Waals surface area (Å²) in [6.07, 6.45) is 8.47. The predicted molar refractivity (Wildman–Crippen MR) is 61.4 cm³/mol. The second-order valence-corrected chi connectivity index (χ2v) is 4.16. The molecular weight excluding hydrogens is 191 g/mol. The van der Waals surface area contributed by atoms with Crippen LogP contribution < -0.4 is 0 Å². The Morgan fingerprint density at radius 3 is 1.40 bits per heavy atom. The van der Waals surface area contributed by atoms with Crippen molar-refractivity contribution >= 4 is 0 Å². The number of hydrogen-bond acceptors (Lipinski definition) is 2. The molecule has 0 spiro atoms. The summed E-state index contributed by atoms with van der Waals surface area (Å²) in [6.45, 7) is 2.71. The third-order valence-electron chi connectivity index (χ3n) is 2.52. The van der Waals surface area contributed by atoms with Gasteiger partial charge in [-0.15, -0.1) is 0 Å². The SMILES string of the molecule is C1CCCCC1.CC#N.CN1CC(F)C1. The van der Waals surface area contributed by atoms with Crippen molar-refractivity contribution in [2.75, 3.05) is 20.1 Å². The second kappa shape index (κ2) is 9.92. The number of hydrogen-bond donors (Lipinski definition) is 0. The van der Waals surface area contributed by atoms with Gasteiger partial charge in [0, 0.05) is 20.0 Å². The van der Waals surface area contributed by atoms with E-state index < -0.39 is 6.17 Å². The van der Waals surface area contributed by atoms with Gasteiger partial charge in [0.2, 0.25) is 0 Å². The van der Waals surface area contributed by atoms with Crippen LogP contribution in [0, 0.1) is 11.3 Å². The Morgan fingerprint density at radius 2 is 1.33 bits per heavy atom. The molecular formula is C12H23FN2. The minimum Gasteiger partial charge on any atom is -0.300 e. The Morgan fingerprint density at radius 1 is 1.07 bits per heavy atom. The standard InChI is InChI=1S/C6H12.C4H8FN.C2H3N/c1-2-4-6-5-3-1;1-6-2-4(5)3-6;1-2-3/h1-6H2;4H,2-3H2,1H3;1H3. The molecule has 0 atom stereocenters. The maximum Gasteiger partial charge on any atom is 0.125 e. The first-order valence-electron chi connectivity index (χ1n) is 5.84. The van der Waals surface area contributed by atoms with E-state index in [0.29, 0.717) is 13.1 Å². The van der Waals surface area contributed by atoms with Crippen LogP contribution in [-0.4, -0.2) is 31.2 Å². The Balaban J connectivity index is 0.000000210. The van der Waals surface area contributed by atoms with Gasteiger partial charge in [-0.05, 0) is 7.05 Å². The fraction of sp³-hybridized carbons (Fsp3) is 0.917. The molecule has 0 aromatic rings. The fourth-order valence-corrected chi connectivity index (χ4v) is 1.68. The van der Waals surface area contributed by atoms with E-state index in [9.17, 15) is 4.39 Å². The van der Waals surface area contributed by atoms with Gasteiger partial charge >= 0.3 is 0 Å². The maximum absolute atomic E-state index is 11.7. The van der Waals surface area contributed by atoms with E-state index in [1.807, 2.05) is 11.9 Å². The highest BCUT2D eigenvalue weighted by Gasteiger charge is 2.21. The zero-order valence-corrected chi connectivity index (χ0v) is 10.0. The first-order chi connectivity index (χ1) is 7.20. The van der Waals surface area contributed by atoms with Crippen LogP contribution in [0.25, 0.3) is 0 Å². The number of alkyl halides is 1. The second-order valence-electron chi connectivity index (χ2n) is 4.16. The number of likely N-dealkylation sites (tertiary alicyclic amines) is 1. The van der Waals surface area contributed by atoms with E-state index in [4.69, 9.17) is 5.26 Å². The highest BCUT2D eigenvalue weighted by atomic mass is 19.1. The quantitative estimate of drug-likeness (QED) is 0.619. The van der Waals surface area contributed by atoms with Crippen molar-refractivity contribution in [2.24, 2.45) is 0 Å². The molecule has 2 rings (SSSR count). The molecule has 1 saturated carbocycles. The number of nitrogens with zero attached hydrogens (tertiary/aromatic N) is 2. The molecule has 0 aromatic carbocycles. The molecule has 1 aliphatic carbocycles. The van der Waals surface area contributed by atoms with Crippen LogP contribution in [0.15, 0.2) is 0 Å². The minimum absolute atomic E-state index is 0.532. The lowest BCUT2D eigenvalue weighted by Crippen LogP contribution is -2.45. The molecule has 1 aliphatic heterocycles. The van der Waals surface area contributed by atoms with Crippen LogP contribution in [0.4, 0.5) is 4.39 Å². The summed E-state index contributed by atoms with van der Waals surface area (Å²) in [6, 6.07) is 1.75. The summed E-state index contributed by atoms with van der Waals surface area (Å²) >= 11 is 0. The Kier molecular flexibility index (Phi) is 9.51. The summed E-state index contributed by atoms with van der Waals surface area (Å²) in [4.78, 5) is 1.95. The molecule has 0 unspecified atom stereocenters. The summed E-state index contributed by atoms with van der Waals surface area (Å²) in [5, 5.41) is 7.32. The zero-order valence-electron chi connectivity index (χ0n) is 10.0. The lowest BCUT2D eigenvalue weighted by atomic mass is 10.0. The Bertz CT molecular complexity index is 149. The van der Waals surface area contributed by atoms with Gasteiger partial charge in [0.1, 0.15) is 6.17 Å². The molecule has 3 heteroatoms. The molecule has 2 fully saturated rings. The van der Waals surface area contributed by atoms with Gasteiger partial charge in [-0.1, -0.05) is 38.5 Å². The molecule has 15 heavy (non-hydrogen) atoms. The van der Waals surface area contributed by atoms with Crippen molar-refractivity contribution in [3.05, 3.63) is 0 Å². The molecule has 1 heterocycles. The monoisotopic (exact) mass is 214 g/mol. The van der Waals surface area contributed by atoms with Gasteiger partial charge in [0.15, 0.2) is 0 Å². The van der Waals surface area contributed by atoms with Crippen LogP contribution in [0.2, 0.25) is 0 Å². The molecule has 0 aromatic heterocycles. The number of rotatable bonds is 0. The topological polar surface area (TPSA) is 27.0 Å². The molecule has 1 saturated heterocycles. The van der Waals surface area contributed by atoms with Gasteiger partial charge in [-0.3, -0.25) is 0 Å². The molecule has 2 nitrogen and oxygen atoms in total. The average molecular weight is 214 g/mol. The maximum atomic E-state index is 11.7. The molecule has 0 bridgehead atoms. The number of nitriles is 1. The van der Waals surface area contributed by atoms with E-state index in [2.05, 4.69) is 0 Å². The normalized spacial score (nSPS) is 20.9. The van der Waals surface area contributed by atoms with Gasteiger partial charge in [-0.2, -0.15) is 5.26 Å². The first kappa shape index (κ1) is 14.4. The lowest BCUT2D eigenvalue weighted by molar-refractivity contribution is 0.0915. The predicted octanol–water partition coefficient (Wildman–Crippen LogP) is 3.14.